The predicted molar refractivity (Wildman–Crippen MR) is 106 cm³/mol. The van der Waals surface area contributed by atoms with Gasteiger partial charge >= 0.3 is 6.03 Å². The van der Waals surface area contributed by atoms with Crippen LogP contribution in [-0.2, 0) is 6.54 Å². The van der Waals surface area contributed by atoms with E-state index in [1.807, 2.05) is 25.1 Å². The van der Waals surface area contributed by atoms with Crippen LogP contribution in [0.2, 0.25) is 5.02 Å². The Morgan fingerprint density at radius 1 is 1.30 bits per heavy atom. The summed E-state index contributed by atoms with van der Waals surface area (Å²) in [7, 11) is 1.76. The third kappa shape index (κ3) is 5.47. The first-order chi connectivity index (χ1) is 13.0. The maximum atomic E-state index is 12.5. The summed E-state index contributed by atoms with van der Waals surface area (Å²) in [6, 6.07) is 9.80. The van der Waals surface area contributed by atoms with Crippen LogP contribution in [0.25, 0.3) is 0 Å². The number of carbonyl (C=O) groups is 1. The van der Waals surface area contributed by atoms with Crippen molar-refractivity contribution in [3.8, 4) is 0 Å². The number of aromatic nitrogens is 1. The van der Waals surface area contributed by atoms with Crippen molar-refractivity contribution in [2.75, 3.05) is 26.7 Å². The molecule has 1 N–H and O–H groups in total. The first kappa shape index (κ1) is 19.7. The lowest BCUT2D eigenvalue weighted by atomic mass is 10.0. The molecule has 2 heterocycles. The summed E-state index contributed by atoms with van der Waals surface area (Å²) in [5.41, 5.74) is 1.92. The molecule has 1 saturated heterocycles. The van der Waals surface area contributed by atoms with Crippen molar-refractivity contribution in [3.63, 3.8) is 0 Å². The molecule has 1 aliphatic heterocycles. The summed E-state index contributed by atoms with van der Waals surface area (Å²) in [4.78, 5) is 16.6. The number of urea groups is 1. The zero-order valence-corrected chi connectivity index (χ0v) is 16.7. The molecule has 6 nitrogen and oxygen atoms in total. The van der Waals surface area contributed by atoms with Crippen LogP contribution in [0.5, 0.6) is 0 Å². The second kappa shape index (κ2) is 9.24. The average molecular weight is 391 g/mol. The Bertz CT molecular complexity index is 741. The number of halogens is 1. The van der Waals surface area contributed by atoms with Gasteiger partial charge in [-0.3, -0.25) is 4.90 Å². The van der Waals surface area contributed by atoms with Crippen molar-refractivity contribution < 1.29 is 9.32 Å². The minimum atomic E-state index is -0.119. The van der Waals surface area contributed by atoms with E-state index < -0.39 is 0 Å². The Kier molecular flexibility index (Phi) is 6.74. The van der Waals surface area contributed by atoms with Crippen LogP contribution in [0, 0.1) is 6.92 Å². The van der Waals surface area contributed by atoms with Gasteiger partial charge in [0.15, 0.2) is 0 Å². The molecule has 0 saturated carbocycles. The number of aryl methyl sites for hydroxylation is 1. The summed E-state index contributed by atoms with van der Waals surface area (Å²) in [6.07, 6.45) is 3.67. The number of likely N-dealkylation sites (tertiary alicyclic amines) is 1. The van der Waals surface area contributed by atoms with Crippen LogP contribution >= 0.6 is 11.6 Å². The topological polar surface area (TPSA) is 61.6 Å². The van der Waals surface area contributed by atoms with Gasteiger partial charge in [-0.2, -0.15) is 0 Å². The molecule has 0 spiro atoms. The monoisotopic (exact) mass is 390 g/mol. The van der Waals surface area contributed by atoms with Crippen LogP contribution in [0.3, 0.4) is 0 Å². The number of amides is 2. The Morgan fingerprint density at radius 3 is 2.63 bits per heavy atom. The molecule has 1 aromatic heterocycles. The Balaban J connectivity index is 1.62. The average Bonchev–Trinajstić information content (AvgIpc) is 3.08. The highest BCUT2D eigenvalue weighted by Crippen LogP contribution is 2.25. The summed E-state index contributed by atoms with van der Waals surface area (Å²) in [5.74, 6) is 0.742. The Hall–Kier alpha value is -2.05. The fourth-order valence-electron chi connectivity index (χ4n) is 3.50. The predicted octanol–water partition coefficient (Wildman–Crippen LogP) is 4.01. The molecule has 146 valence electrons. The molecule has 1 fully saturated rings. The minimum Gasteiger partial charge on any atom is -0.361 e. The first-order valence-electron chi connectivity index (χ1n) is 9.43. The van der Waals surface area contributed by atoms with Crippen molar-refractivity contribution in [1.82, 2.24) is 20.3 Å². The molecular weight excluding hydrogens is 364 g/mol. The lowest BCUT2D eigenvalue weighted by Gasteiger charge is -2.35. The maximum Gasteiger partial charge on any atom is 0.317 e. The summed E-state index contributed by atoms with van der Waals surface area (Å²) < 4.78 is 5.06. The molecule has 27 heavy (non-hydrogen) atoms. The van der Waals surface area contributed by atoms with Gasteiger partial charge in [0.25, 0.3) is 0 Å². The van der Waals surface area contributed by atoms with Crippen molar-refractivity contribution >= 4 is 17.6 Å². The molecule has 1 atom stereocenters. The number of benzene rings is 1. The first-order valence-corrected chi connectivity index (χ1v) is 9.81. The van der Waals surface area contributed by atoms with Gasteiger partial charge in [-0.1, -0.05) is 35.3 Å². The molecular formula is C20H27ClN4O2. The number of carbonyl (C=O) groups excluding carboxylic acids is 1. The number of hydrogen-bond acceptors (Lipinski definition) is 4. The summed E-state index contributed by atoms with van der Waals surface area (Å²) >= 11 is 6.05. The van der Waals surface area contributed by atoms with Gasteiger partial charge in [0.05, 0.1) is 12.6 Å². The van der Waals surface area contributed by atoms with Gasteiger partial charge in [0.1, 0.15) is 11.5 Å². The lowest BCUT2D eigenvalue weighted by molar-refractivity contribution is 0.155. The standard InChI is InChI=1S/C20H27ClN4O2/c1-15-12-18(23-27-15)14-24(2)20(26)22-13-19(25-10-4-3-5-11-25)16-6-8-17(21)9-7-16/h6-9,12,19H,3-5,10-11,13-14H2,1-2H3,(H,22,26). The van der Waals surface area contributed by atoms with E-state index in [4.69, 9.17) is 16.1 Å². The van der Waals surface area contributed by atoms with E-state index in [-0.39, 0.29) is 12.1 Å². The van der Waals surface area contributed by atoms with Gasteiger partial charge in [-0.05, 0) is 50.6 Å². The Labute approximate surface area is 165 Å². The van der Waals surface area contributed by atoms with Crippen molar-refractivity contribution in [3.05, 3.63) is 52.4 Å². The number of rotatable bonds is 6. The van der Waals surface area contributed by atoms with Crippen LogP contribution in [0.1, 0.15) is 42.3 Å². The highest BCUT2D eigenvalue weighted by atomic mass is 35.5. The molecule has 0 bridgehead atoms. The second-order valence-corrected chi connectivity index (χ2v) is 7.57. The molecule has 1 aliphatic rings. The van der Waals surface area contributed by atoms with Crippen LogP contribution < -0.4 is 5.32 Å². The number of piperidine rings is 1. The van der Waals surface area contributed by atoms with E-state index in [0.29, 0.717) is 13.1 Å². The highest BCUT2D eigenvalue weighted by molar-refractivity contribution is 6.30. The molecule has 1 aromatic carbocycles. The van der Waals surface area contributed by atoms with Gasteiger partial charge in [0.2, 0.25) is 0 Å². The summed E-state index contributed by atoms with van der Waals surface area (Å²) in [5, 5.41) is 7.74. The van der Waals surface area contributed by atoms with Gasteiger partial charge in [-0.15, -0.1) is 0 Å². The minimum absolute atomic E-state index is 0.119. The van der Waals surface area contributed by atoms with E-state index in [0.717, 1.165) is 29.6 Å². The van der Waals surface area contributed by atoms with Crippen LogP contribution in [-0.4, -0.2) is 47.7 Å². The zero-order chi connectivity index (χ0) is 19.2. The van der Waals surface area contributed by atoms with E-state index in [1.54, 1.807) is 11.9 Å². The van der Waals surface area contributed by atoms with Gasteiger partial charge < -0.3 is 14.7 Å². The van der Waals surface area contributed by atoms with Crippen LogP contribution in [0.15, 0.2) is 34.9 Å². The molecule has 0 radical (unpaired) electrons. The third-order valence-corrected chi connectivity index (χ3v) is 5.21. The smallest absolute Gasteiger partial charge is 0.317 e. The van der Waals surface area contributed by atoms with E-state index >= 15 is 0 Å². The van der Waals surface area contributed by atoms with E-state index in [9.17, 15) is 4.79 Å². The SMILES string of the molecule is Cc1cc(CN(C)C(=O)NCC(c2ccc(Cl)cc2)N2CCCCC2)no1. The van der Waals surface area contributed by atoms with Crippen molar-refractivity contribution in [2.24, 2.45) is 0 Å². The number of nitrogens with one attached hydrogen (secondary N) is 1. The zero-order valence-electron chi connectivity index (χ0n) is 15.9. The van der Waals surface area contributed by atoms with Crippen molar-refractivity contribution in [2.45, 2.75) is 38.8 Å². The Morgan fingerprint density at radius 2 is 2.00 bits per heavy atom. The van der Waals surface area contributed by atoms with Crippen LogP contribution in [0.4, 0.5) is 4.79 Å². The van der Waals surface area contributed by atoms with E-state index in [2.05, 4.69) is 27.5 Å². The van der Waals surface area contributed by atoms with Crippen molar-refractivity contribution in [1.29, 1.82) is 0 Å². The molecule has 7 heteroatoms. The molecule has 3 rings (SSSR count). The molecule has 1 unspecified atom stereocenters. The lowest BCUT2D eigenvalue weighted by Crippen LogP contribution is -2.44. The number of nitrogens with zero attached hydrogens (tertiary/aromatic N) is 3. The molecule has 2 aromatic rings. The molecule has 0 aliphatic carbocycles. The summed E-state index contributed by atoms with van der Waals surface area (Å²) in [6.45, 7) is 4.92. The molecule has 2 amide bonds. The maximum absolute atomic E-state index is 12.5. The van der Waals surface area contributed by atoms with Gasteiger partial charge in [-0.25, -0.2) is 4.79 Å². The normalized spacial score (nSPS) is 16.1. The fourth-order valence-corrected chi connectivity index (χ4v) is 3.62. The largest absolute Gasteiger partial charge is 0.361 e. The second-order valence-electron chi connectivity index (χ2n) is 7.13. The highest BCUT2D eigenvalue weighted by Gasteiger charge is 2.23. The fraction of sp³-hybridized carbons (Fsp3) is 0.500. The van der Waals surface area contributed by atoms with E-state index in [1.165, 1.54) is 24.8 Å². The quantitative estimate of drug-likeness (QED) is 0.809. The third-order valence-electron chi connectivity index (χ3n) is 4.96. The van der Waals surface area contributed by atoms with Gasteiger partial charge in [0, 0.05) is 24.7 Å². The number of hydrogen-bond donors (Lipinski definition) is 1.